The number of hydrogen-bond donors (Lipinski definition) is 2. The van der Waals surface area contributed by atoms with Crippen LogP contribution in [-0.4, -0.2) is 22.1 Å². The second kappa shape index (κ2) is 4.89. The molecule has 1 amide bonds. The highest BCUT2D eigenvalue weighted by Gasteiger charge is 2.15. The summed E-state index contributed by atoms with van der Waals surface area (Å²) in [6.45, 7) is 1.65. The summed E-state index contributed by atoms with van der Waals surface area (Å²) in [5.41, 5.74) is 0.167. The molecule has 0 saturated heterocycles. The van der Waals surface area contributed by atoms with Crippen molar-refractivity contribution in [1.29, 1.82) is 0 Å². The van der Waals surface area contributed by atoms with Gasteiger partial charge in [-0.15, -0.1) is 0 Å². The molecule has 0 aliphatic carbocycles. The number of anilines is 1. The fraction of sp³-hybridized carbons (Fsp3) is 0.0833. The van der Waals surface area contributed by atoms with E-state index in [1.807, 2.05) is 0 Å². The molecule has 0 unspecified atom stereocenters. The smallest absolute Gasteiger partial charge is 0.338 e. The Bertz CT molecular complexity index is 651. The Kier molecular flexibility index (Phi) is 3.28. The molecule has 2 N–H and O–H groups in total. The molecule has 98 valence electrons. The summed E-state index contributed by atoms with van der Waals surface area (Å²) in [5.74, 6) is -2.90. The maximum absolute atomic E-state index is 13.2. The number of hydrogen-bond acceptors (Lipinski definition) is 4. The van der Waals surface area contributed by atoms with Crippen molar-refractivity contribution in [2.45, 2.75) is 6.92 Å². The topological polar surface area (TPSA) is 92.4 Å². The molecular formula is C12H9FN2O4. The van der Waals surface area contributed by atoms with E-state index in [0.717, 1.165) is 12.1 Å². The van der Waals surface area contributed by atoms with Crippen LogP contribution in [0.4, 0.5) is 10.1 Å². The zero-order valence-electron chi connectivity index (χ0n) is 9.81. The Morgan fingerprint density at radius 1 is 1.37 bits per heavy atom. The van der Waals surface area contributed by atoms with Crippen molar-refractivity contribution in [1.82, 2.24) is 5.16 Å². The van der Waals surface area contributed by atoms with E-state index >= 15 is 0 Å². The molecule has 2 rings (SSSR count). The van der Waals surface area contributed by atoms with Crippen LogP contribution in [0.25, 0.3) is 0 Å². The second-order valence-corrected chi connectivity index (χ2v) is 3.79. The van der Waals surface area contributed by atoms with Crippen LogP contribution < -0.4 is 5.32 Å². The van der Waals surface area contributed by atoms with Gasteiger partial charge in [-0.1, -0.05) is 5.16 Å². The van der Waals surface area contributed by atoms with Crippen molar-refractivity contribution in [2.24, 2.45) is 0 Å². The Morgan fingerprint density at radius 3 is 2.68 bits per heavy atom. The molecule has 6 nitrogen and oxygen atoms in total. The minimum absolute atomic E-state index is 0.0151. The minimum atomic E-state index is -1.41. The van der Waals surface area contributed by atoms with Gasteiger partial charge in [0.1, 0.15) is 5.82 Å². The summed E-state index contributed by atoms with van der Waals surface area (Å²) >= 11 is 0. The van der Waals surface area contributed by atoms with Crippen LogP contribution in [0.1, 0.15) is 26.6 Å². The number of aromatic nitrogens is 1. The van der Waals surface area contributed by atoms with Crippen LogP contribution in [0.2, 0.25) is 0 Å². The van der Waals surface area contributed by atoms with Gasteiger partial charge in [-0.05, 0) is 25.1 Å². The van der Waals surface area contributed by atoms with Gasteiger partial charge in [0.2, 0.25) is 5.76 Å². The van der Waals surface area contributed by atoms with E-state index in [0.29, 0.717) is 5.69 Å². The van der Waals surface area contributed by atoms with E-state index in [4.69, 9.17) is 9.63 Å². The SMILES string of the molecule is Cc1cc(C(=O)Nc2ccc(F)c(C(=O)O)c2)on1. The van der Waals surface area contributed by atoms with Crippen molar-refractivity contribution in [2.75, 3.05) is 5.32 Å². The molecule has 0 bridgehead atoms. The largest absolute Gasteiger partial charge is 0.478 e. The Labute approximate surface area is 106 Å². The number of nitrogens with one attached hydrogen (secondary N) is 1. The number of aryl methyl sites for hydroxylation is 1. The summed E-state index contributed by atoms with van der Waals surface area (Å²) in [6.07, 6.45) is 0. The molecule has 0 aliphatic heterocycles. The van der Waals surface area contributed by atoms with Gasteiger partial charge >= 0.3 is 5.97 Å². The molecule has 0 atom stereocenters. The number of carbonyl (C=O) groups is 2. The predicted octanol–water partition coefficient (Wildman–Crippen LogP) is 2.07. The molecule has 2 aromatic rings. The van der Waals surface area contributed by atoms with E-state index in [9.17, 15) is 14.0 Å². The fourth-order valence-corrected chi connectivity index (χ4v) is 1.43. The molecule has 1 aromatic heterocycles. The highest BCUT2D eigenvalue weighted by molar-refractivity contribution is 6.02. The second-order valence-electron chi connectivity index (χ2n) is 3.79. The quantitative estimate of drug-likeness (QED) is 0.885. The van der Waals surface area contributed by atoms with Gasteiger partial charge in [0.15, 0.2) is 0 Å². The minimum Gasteiger partial charge on any atom is -0.478 e. The van der Waals surface area contributed by atoms with E-state index in [1.54, 1.807) is 6.92 Å². The lowest BCUT2D eigenvalue weighted by Crippen LogP contribution is -2.12. The first kappa shape index (κ1) is 12.7. The maximum Gasteiger partial charge on any atom is 0.338 e. The number of halogens is 1. The summed E-state index contributed by atoms with van der Waals surface area (Å²) in [4.78, 5) is 22.5. The van der Waals surface area contributed by atoms with Crippen LogP contribution in [0.3, 0.4) is 0 Å². The lowest BCUT2D eigenvalue weighted by atomic mass is 10.2. The third kappa shape index (κ3) is 2.76. The van der Waals surface area contributed by atoms with Crippen molar-refractivity contribution < 1.29 is 23.6 Å². The first-order chi connectivity index (χ1) is 8.97. The summed E-state index contributed by atoms with van der Waals surface area (Å²) in [6, 6.07) is 4.67. The van der Waals surface area contributed by atoms with Crippen molar-refractivity contribution in [3.63, 3.8) is 0 Å². The van der Waals surface area contributed by atoms with Crippen LogP contribution in [0.5, 0.6) is 0 Å². The summed E-state index contributed by atoms with van der Waals surface area (Å²) < 4.78 is 17.9. The molecule has 0 saturated carbocycles. The maximum atomic E-state index is 13.2. The first-order valence-corrected chi connectivity index (χ1v) is 5.25. The third-order valence-electron chi connectivity index (χ3n) is 2.31. The van der Waals surface area contributed by atoms with Crippen LogP contribution in [-0.2, 0) is 0 Å². The van der Waals surface area contributed by atoms with Gasteiger partial charge in [0.05, 0.1) is 11.3 Å². The summed E-state index contributed by atoms with van der Waals surface area (Å²) in [7, 11) is 0. The van der Waals surface area contributed by atoms with E-state index in [1.165, 1.54) is 12.1 Å². The average molecular weight is 264 g/mol. The zero-order chi connectivity index (χ0) is 14.0. The highest BCUT2D eigenvalue weighted by Crippen LogP contribution is 2.16. The molecule has 0 spiro atoms. The molecule has 0 fully saturated rings. The molecule has 7 heteroatoms. The molecule has 19 heavy (non-hydrogen) atoms. The number of aromatic carboxylic acids is 1. The van der Waals surface area contributed by atoms with Gasteiger partial charge in [0, 0.05) is 11.8 Å². The molecule has 0 aliphatic rings. The van der Waals surface area contributed by atoms with Gasteiger partial charge in [-0.2, -0.15) is 0 Å². The lowest BCUT2D eigenvalue weighted by molar-refractivity contribution is 0.0691. The van der Waals surface area contributed by atoms with E-state index in [-0.39, 0.29) is 11.4 Å². The number of amides is 1. The average Bonchev–Trinajstić information content (AvgIpc) is 2.78. The van der Waals surface area contributed by atoms with Gasteiger partial charge in [-0.3, -0.25) is 4.79 Å². The van der Waals surface area contributed by atoms with Crippen molar-refractivity contribution in [3.05, 3.63) is 47.1 Å². The monoisotopic (exact) mass is 264 g/mol. The standard InChI is InChI=1S/C12H9FN2O4/c1-6-4-10(19-15-6)11(16)14-7-2-3-9(13)8(5-7)12(17)18/h2-5H,1H3,(H,14,16)(H,17,18). The third-order valence-corrected chi connectivity index (χ3v) is 2.31. The first-order valence-electron chi connectivity index (χ1n) is 5.25. The Hall–Kier alpha value is -2.70. The molecular weight excluding hydrogens is 255 g/mol. The fourth-order valence-electron chi connectivity index (χ4n) is 1.43. The molecule has 0 radical (unpaired) electrons. The van der Waals surface area contributed by atoms with Crippen LogP contribution in [0.15, 0.2) is 28.8 Å². The number of benzene rings is 1. The Balaban J connectivity index is 2.22. The number of carboxylic acids is 1. The number of rotatable bonds is 3. The molecule has 1 aromatic carbocycles. The number of carboxylic acid groups (broad SMARTS) is 1. The van der Waals surface area contributed by atoms with Gasteiger partial charge < -0.3 is 14.9 Å². The van der Waals surface area contributed by atoms with Crippen molar-refractivity contribution in [3.8, 4) is 0 Å². The normalized spacial score (nSPS) is 10.2. The van der Waals surface area contributed by atoms with Gasteiger partial charge in [-0.25, -0.2) is 9.18 Å². The number of nitrogens with zero attached hydrogens (tertiary/aromatic N) is 1. The van der Waals surface area contributed by atoms with E-state index < -0.39 is 23.3 Å². The van der Waals surface area contributed by atoms with Gasteiger partial charge in [0.25, 0.3) is 5.91 Å². The number of carbonyl (C=O) groups excluding carboxylic acids is 1. The Morgan fingerprint density at radius 2 is 2.11 bits per heavy atom. The highest BCUT2D eigenvalue weighted by atomic mass is 19.1. The van der Waals surface area contributed by atoms with Crippen LogP contribution >= 0.6 is 0 Å². The lowest BCUT2D eigenvalue weighted by Gasteiger charge is -2.04. The zero-order valence-corrected chi connectivity index (χ0v) is 9.81. The predicted molar refractivity (Wildman–Crippen MR) is 62.6 cm³/mol. The molecule has 1 heterocycles. The van der Waals surface area contributed by atoms with Crippen LogP contribution in [0, 0.1) is 12.7 Å². The van der Waals surface area contributed by atoms with E-state index in [2.05, 4.69) is 10.5 Å². The summed E-state index contributed by atoms with van der Waals surface area (Å²) in [5, 5.41) is 14.7. The van der Waals surface area contributed by atoms with Crippen molar-refractivity contribution >= 4 is 17.6 Å².